The predicted octanol–water partition coefficient (Wildman–Crippen LogP) is 14.4. The van der Waals surface area contributed by atoms with Crippen molar-refractivity contribution in [3.8, 4) is 34.5 Å². The van der Waals surface area contributed by atoms with Crippen LogP contribution in [-0.2, 0) is 43.8 Å². The summed E-state index contributed by atoms with van der Waals surface area (Å²) < 4.78 is 107. The third-order valence-electron chi connectivity index (χ3n) is 11.9. The lowest BCUT2D eigenvalue weighted by Crippen LogP contribution is -2.28. The van der Waals surface area contributed by atoms with Crippen LogP contribution < -0.4 is 24.3 Å². The van der Waals surface area contributed by atoms with E-state index in [1.165, 1.54) is 43.4 Å². The van der Waals surface area contributed by atoms with Crippen LogP contribution in [0.4, 0.5) is 35.9 Å². The number of carbonyl (C=O) groups excluding carboxylic acids is 4. The fourth-order valence-electron chi connectivity index (χ4n) is 8.33. The minimum absolute atomic E-state index is 0.186. The molecule has 2 atom stereocenters. The maximum Gasteiger partial charge on any atom is 0.573 e. The molecule has 10 rings (SSSR count). The highest BCUT2D eigenvalue weighted by Crippen LogP contribution is 2.40. The lowest BCUT2D eigenvalue weighted by atomic mass is 10.0. The minimum atomic E-state index is -4.84. The number of hydrogen-bond donors (Lipinski definition) is 2. The number of imide groups is 2. The number of benzene rings is 6. The van der Waals surface area contributed by atoms with Crippen molar-refractivity contribution in [1.29, 1.82) is 0 Å². The Morgan fingerprint density at radius 2 is 1.13 bits per heavy atom. The molecule has 6 aromatic carbocycles. The summed E-state index contributed by atoms with van der Waals surface area (Å²) in [5, 5.41) is 5.24. The molecule has 2 aromatic heterocycles. The number of halogens is 9. The van der Waals surface area contributed by atoms with Gasteiger partial charge in [0.15, 0.2) is 23.7 Å². The summed E-state index contributed by atoms with van der Waals surface area (Å²) in [6.45, 7) is 3.86. The van der Waals surface area contributed by atoms with Gasteiger partial charge in [-0.1, -0.05) is 87.7 Å². The molecule has 0 bridgehead atoms. The number of amides is 4. The molecule has 2 saturated heterocycles. The normalized spacial score (nSPS) is 15.3. The van der Waals surface area contributed by atoms with E-state index in [4.69, 9.17) is 42.1 Å². The van der Waals surface area contributed by atoms with E-state index in [9.17, 15) is 45.5 Å². The molecule has 2 aliphatic rings. The SMILES string of the molecule is CN1C(=O)OC(Cc2cccc(CBr)c2)C1=O.Cc1[nH]c2cc(OC(F)(F)F)ccc2c1Oc1ccc(Cl)cc1.Cc1c(Oc2ccc(Cl)cc2)c2ccc(OC(F)(F)F)cc2n1Cc1cccc(CC2OC(=O)NC2=O)c1. The number of alkyl halides is 7. The van der Waals surface area contributed by atoms with Gasteiger partial charge in [-0.3, -0.25) is 14.9 Å². The number of likely N-dealkylation sites (N-methyl/N-ethyl adjacent to an activating group) is 1. The van der Waals surface area contributed by atoms with Crippen molar-refractivity contribution in [3.63, 3.8) is 0 Å². The van der Waals surface area contributed by atoms with Crippen molar-refractivity contribution < 1.29 is 73.9 Å². The van der Waals surface area contributed by atoms with Crippen LogP contribution in [0.25, 0.3) is 21.8 Å². The molecule has 0 radical (unpaired) electrons. The second-order valence-electron chi connectivity index (χ2n) is 17.5. The molecule has 23 heteroatoms. The highest BCUT2D eigenvalue weighted by atomic mass is 79.9. The average molecular weight is 1180 g/mol. The summed E-state index contributed by atoms with van der Waals surface area (Å²) in [4.78, 5) is 50.0. The molecule has 4 amide bonds. The van der Waals surface area contributed by atoms with Gasteiger partial charge < -0.3 is 38.0 Å². The number of fused-ring (bicyclic) bond motifs is 2. The number of aromatic nitrogens is 2. The smallest absolute Gasteiger partial charge is 0.455 e. The number of rotatable bonds is 13. The lowest BCUT2D eigenvalue weighted by Gasteiger charge is -2.13. The molecule has 0 spiro atoms. The van der Waals surface area contributed by atoms with Gasteiger partial charge in [-0.15, -0.1) is 26.3 Å². The first kappa shape index (κ1) is 56.3. The third kappa shape index (κ3) is 14.4. The number of cyclic esters (lactones) is 2. The van der Waals surface area contributed by atoms with Crippen molar-refractivity contribution in [2.45, 2.75) is 63.5 Å². The quantitative estimate of drug-likeness (QED) is 0.0840. The number of nitrogens with zero attached hydrogens (tertiary/aromatic N) is 2. The number of carbonyl (C=O) groups is 4. The van der Waals surface area contributed by atoms with Gasteiger partial charge in [-0.25, -0.2) is 14.5 Å². The monoisotopic (exact) mass is 1180 g/mol. The van der Waals surface area contributed by atoms with Crippen molar-refractivity contribution in [3.05, 3.63) is 177 Å². The van der Waals surface area contributed by atoms with E-state index in [2.05, 4.69) is 35.7 Å². The first-order valence-corrected chi connectivity index (χ1v) is 25.2. The van der Waals surface area contributed by atoms with E-state index in [0.29, 0.717) is 72.7 Å². The molecule has 406 valence electrons. The van der Waals surface area contributed by atoms with Crippen LogP contribution in [0.15, 0.2) is 133 Å². The van der Waals surface area contributed by atoms with Crippen LogP contribution in [0.3, 0.4) is 0 Å². The Labute approximate surface area is 458 Å². The number of nitrogens with one attached hydrogen (secondary N) is 2. The van der Waals surface area contributed by atoms with Crippen molar-refractivity contribution in [1.82, 2.24) is 19.8 Å². The fraction of sp³-hybridized carbons (Fsp3) is 0.200. The van der Waals surface area contributed by atoms with Crippen LogP contribution >= 0.6 is 39.1 Å². The zero-order valence-corrected chi connectivity index (χ0v) is 44.2. The summed E-state index contributed by atoms with van der Waals surface area (Å²) in [6.07, 6.45) is -11.9. The molecule has 8 aromatic rings. The van der Waals surface area contributed by atoms with Crippen molar-refractivity contribution >= 4 is 84.9 Å². The van der Waals surface area contributed by atoms with Crippen LogP contribution in [0.5, 0.6) is 34.5 Å². The summed E-state index contributed by atoms with van der Waals surface area (Å²) in [7, 11) is 1.43. The van der Waals surface area contributed by atoms with Gasteiger partial charge in [0.1, 0.15) is 23.0 Å². The van der Waals surface area contributed by atoms with Crippen molar-refractivity contribution in [2.24, 2.45) is 0 Å². The number of aryl methyl sites for hydroxylation is 1. The van der Waals surface area contributed by atoms with Crippen LogP contribution in [0.2, 0.25) is 10.0 Å². The Hall–Kier alpha value is -7.88. The molecule has 78 heavy (non-hydrogen) atoms. The fourth-order valence-corrected chi connectivity index (χ4v) is 8.93. The third-order valence-corrected chi connectivity index (χ3v) is 13.0. The first-order valence-electron chi connectivity index (χ1n) is 23.3. The second-order valence-corrected chi connectivity index (χ2v) is 18.9. The number of aromatic amines is 1. The number of H-pyrrole nitrogens is 1. The Kier molecular flexibility index (Phi) is 17.2. The minimum Gasteiger partial charge on any atom is -0.455 e. The molecule has 2 unspecified atom stereocenters. The largest absolute Gasteiger partial charge is 0.573 e. The zero-order chi connectivity index (χ0) is 56.1. The summed E-state index contributed by atoms with van der Waals surface area (Å²) in [5.41, 5.74) is 6.03. The van der Waals surface area contributed by atoms with Gasteiger partial charge in [0.2, 0.25) is 0 Å². The van der Waals surface area contributed by atoms with E-state index in [1.54, 1.807) is 67.6 Å². The van der Waals surface area contributed by atoms with Gasteiger partial charge in [0.05, 0.1) is 22.4 Å². The van der Waals surface area contributed by atoms with Gasteiger partial charge in [0.25, 0.3) is 11.8 Å². The Morgan fingerprint density at radius 1 is 0.615 bits per heavy atom. The standard InChI is InChI=1S/C27H20ClF3N2O5.C16H11ClF3NO2.C12H12BrNO3/c1-15-24(36-19-7-5-18(28)6-8-19)21-10-9-20(38-27(29,30)31)13-22(21)33(15)14-17-4-2-3-16(11-17)12-23-25(34)32-26(35)37-23;1-9-15(22-11-4-2-10(17)3-5-11)13-7-6-12(8-14(13)21-9)23-16(18,19)20;1-14-11(15)10(17-12(14)16)6-8-3-2-4-9(5-8)7-13/h2-11,13,23H,12,14H2,1H3,(H,32,34,35);2-8,21H,1H3;2-5,10H,6-7H2,1H3. The maximum atomic E-state index is 12.9. The zero-order valence-electron chi connectivity index (χ0n) is 41.1. The first-order chi connectivity index (χ1) is 37.0. The number of ether oxygens (including phenoxy) is 6. The molecule has 2 aliphatic heterocycles. The van der Waals surface area contributed by atoms with Crippen LogP contribution in [-0.4, -0.2) is 70.4 Å². The summed E-state index contributed by atoms with van der Waals surface area (Å²) >= 11 is 15.2. The second kappa shape index (κ2) is 23.8. The highest BCUT2D eigenvalue weighted by Gasteiger charge is 2.38. The predicted molar refractivity (Wildman–Crippen MR) is 280 cm³/mol. The van der Waals surface area contributed by atoms with Crippen LogP contribution in [0, 0.1) is 13.8 Å². The van der Waals surface area contributed by atoms with E-state index in [0.717, 1.165) is 32.5 Å². The Balaban J connectivity index is 0.000000170. The highest BCUT2D eigenvalue weighted by molar-refractivity contribution is 9.08. The van der Waals surface area contributed by atoms with E-state index < -0.39 is 43.0 Å². The molecule has 14 nitrogen and oxygen atoms in total. The maximum absolute atomic E-state index is 12.9. The molecule has 0 saturated carbocycles. The lowest BCUT2D eigenvalue weighted by molar-refractivity contribution is -0.275. The van der Waals surface area contributed by atoms with E-state index in [1.807, 2.05) is 47.9 Å². The van der Waals surface area contributed by atoms with Gasteiger partial charge in [-0.2, -0.15) is 0 Å². The molecular weight excluding hydrogens is 1140 g/mol. The molecular formula is C55H43BrCl2F6N4O10. The molecule has 4 heterocycles. The van der Waals surface area contributed by atoms with Gasteiger partial charge in [0, 0.05) is 64.7 Å². The van der Waals surface area contributed by atoms with E-state index in [-0.39, 0.29) is 30.4 Å². The van der Waals surface area contributed by atoms with Crippen LogP contribution in [0.1, 0.15) is 33.6 Å². The molecule has 0 aliphatic carbocycles. The van der Waals surface area contributed by atoms with E-state index >= 15 is 0 Å². The van der Waals surface area contributed by atoms with Crippen molar-refractivity contribution in [2.75, 3.05) is 7.05 Å². The molecule has 2 fully saturated rings. The topological polar surface area (TPSA) is 160 Å². The van der Waals surface area contributed by atoms with Gasteiger partial charge >= 0.3 is 24.9 Å². The summed E-state index contributed by atoms with van der Waals surface area (Å²) in [6, 6.07) is 36.8. The Morgan fingerprint density at radius 3 is 1.67 bits per heavy atom. The Bertz CT molecular complexity index is 3520. The number of hydrogen-bond acceptors (Lipinski definition) is 10. The summed E-state index contributed by atoms with van der Waals surface area (Å²) in [5.74, 6) is 0.682. The van der Waals surface area contributed by atoms with Gasteiger partial charge in [-0.05, 0) is 109 Å². The number of alkyl carbamates (subject to hydrolysis) is 1. The molecule has 2 N–H and O–H groups in total. The average Bonchev–Trinajstić information content (AvgIpc) is 4.09.